The molecule has 1 aliphatic rings. The second-order valence-corrected chi connectivity index (χ2v) is 17.0. The van der Waals surface area contributed by atoms with E-state index in [0.29, 0.717) is 0 Å². The van der Waals surface area contributed by atoms with Crippen molar-refractivity contribution in [3.8, 4) is 33.4 Å². The average molecular weight is 794 g/mol. The van der Waals surface area contributed by atoms with Crippen LogP contribution >= 0.6 is 11.3 Å². The minimum atomic E-state index is -0.521. The molecule has 1 heterocycles. The maximum Gasteiger partial charge on any atom is 0.0714 e. The maximum atomic E-state index is 2.52. The molecule has 0 saturated carbocycles. The van der Waals surface area contributed by atoms with E-state index in [1.54, 1.807) is 0 Å². The second-order valence-electron chi connectivity index (χ2n) is 16.0. The first-order chi connectivity index (χ1) is 30.3. The first-order valence-electron chi connectivity index (χ1n) is 21.0. The summed E-state index contributed by atoms with van der Waals surface area (Å²) in [6.45, 7) is 0. The van der Waals surface area contributed by atoms with Crippen molar-refractivity contribution >= 4 is 59.3 Å². The van der Waals surface area contributed by atoms with Gasteiger partial charge in [0, 0.05) is 36.9 Å². The highest BCUT2D eigenvalue weighted by Crippen LogP contribution is 2.58. The third kappa shape index (κ3) is 5.53. The molecule has 10 aromatic carbocycles. The highest BCUT2D eigenvalue weighted by Gasteiger charge is 2.46. The predicted molar refractivity (Wildman–Crippen MR) is 260 cm³/mol. The Hall–Kier alpha value is -7.52. The molecule has 0 aliphatic heterocycles. The number of thiophene rings is 1. The molecule has 286 valence electrons. The summed E-state index contributed by atoms with van der Waals surface area (Å²) < 4.78 is 2.58. The smallest absolute Gasteiger partial charge is 0.0714 e. The summed E-state index contributed by atoms with van der Waals surface area (Å²) in [5, 5.41) is 5.10. The van der Waals surface area contributed by atoms with E-state index in [1.165, 1.54) is 86.6 Å². The van der Waals surface area contributed by atoms with Crippen LogP contribution in [-0.4, -0.2) is 0 Å². The van der Waals surface area contributed by atoms with Crippen molar-refractivity contribution in [3.63, 3.8) is 0 Å². The van der Waals surface area contributed by atoms with Crippen LogP contribution in [0.25, 0.3) is 64.3 Å². The van der Waals surface area contributed by atoms with Crippen LogP contribution in [0.2, 0.25) is 0 Å². The maximum absolute atomic E-state index is 2.52. The van der Waals surface area contributed by atoms with Crippen molar-refractivity contribution in [1.82, 2.24) is 0 Å². The molecule has 11 aromatic rings. The lowest BCUT2D eigenvalue weighted by molar-refractivity contribution is 0.768. The summed E-state index contributed by atoms with van der Waals surface area (Å²) in [7, 11) is 0. The summed E-state index contributed by atoms with van der Waals surface area (Å²) in [5.74, 6) is 0. The number of nitrogens with zero attached hydrogens (tertiary/aromatic N) is 1. The lowest BCUT2D eigenvalue weighted by Gasteiger charge is -2.35. The van der Waals surface area contributed by atoms with E-state index in [-0.39, 0.29) is 0 Å². The molecule has 1 aliphatic carbocycles. The van der Waals surface area contributed by atoms with Gasteiger partial charge in [-0.2, -0.15) is 0 Å². The molecule has 0 radical (unpaired) electrons. The van der Waals surface area contributed by atoms with E-state index in [9.17, 15) is 0 Å². The molecule has 0 unspecified atom stereocenters. The van der Waals surface area contributed by atoms with Gasteiger partial charge < -0.3 is 4.90 Å². The van der Waals surface area contributed by atoms with Crippen molar-refractivity contribution in [1.29, 1.82) is 0 Å². The molecule has 0 amide bonds. The van der Waals surface area contributed by atoms with Crippen LogP contribution in [0.5, 0.6) is 0 Å². The van der Waals surface area contributed by atoms with Crippen LogP contribution in [0.15, 0.2) is 237 Å². The molecule has 1 nitrogen and oxygen atoms in total. The Labute approximate surface area is 360 Å². The van der Waals surface area contributed by atoms with E-state index in [0.717, 1.165) is 17.1 Å². The highest BCUT2D eigenvalue weighted by molar-refractivity contribution is 7.26. The fraction of sp³-hybridized carbons (Fsp3) is 0.0169. The molecule has 12 rings (SSSR count). The van der Waals surface area contributed by atoms with E-state index < -0.39 is 5.41 Å². The SMILES string of the molecule is c1ccc(-c2cccc(N(c3ccc4c(c3)C(c3ccccc3)(c3ccccc3)c3ccccc3-4)c3cccc4sc5c6ccccc6c(-c6ccccc6)cc5c34)c2)cc1. The summed E-state index contributed by atoms with van der Waals surface area (Å²) in [5.41, 5.74) is 15.4. The van der Waals surface area contributed by atoms with E-state index >= 15 is 0 Å². The Balaban J connectivity index is 1.17. The third-order valence-corrected chi connectivity index (χ3v) is 13.9. The number of rotatable bonds is 7. The predicted octanol–water partition coefficient (Wildman–Crippen LogP) is 16.4. The van der Waals surface area contributed by atoms with Crippen LogP contribution in [0, 0.1) is 0 Å². The van der Waals surface area contributed by atoms with Crippen molar-refractivity contribution in [3.05, 3.63) is 259 Å². The van der Waals surface area contributed by atoms with Gasteiger partial charge in [0.2, 0.25) is 0 Å². The summed E-state index contributed by atoms with van der Waals surface area (Å²) in [6, 6.07) is 87.3. The summed E-state index contributed by atoms with van der Waals surface area (Å²) in [6.07, 6.45) is 0. The molecule has 61 heavy (non-hydrogen) atoms. The highest BCUT2D eigenvalue weighted by atomic mass is 32.1. The largest absolute Gasteiger partial charge is 0.310 e. The number of hydrogen-bond acceptors (Lipinski definition) is 2. The van der Waals surface area contributed by atoms with Crippen molar-refractivity contribution in [2.75, 3.05) is 4.90 Å². The number of fused-ring (bicyclic) bond motifs is 8. The zero-order valence-electron chi connectivity index (χ0n) is 33.4. The van der Waals surface area contributed by atoms with Gasteiger partial charge in [0.25, 0.3) is 0 Å². The molecule has 0 bridgehead atoms. The van der Waals surface area contributed by atoms with Crippen molar-refractivity contribution in [2.45, 2.75) is 5.41 Å². The van der Waals surface area contributed by atoms with Gasteiger partial charge in [-0.25, -0.2) is 0 Å². The Morgan fingerprint density at radius 1 is 0.344 bits per heavy atom. The van der Waals surface area contributed by atoms with Crippen LogP contribution in [0.4, 0.5) is 17.1 Å². The lowest BCUT2D eigenvalue weighted by Crippen LogP contribution is -2.28. The second kappa shape index (κ2) is 14.3. The van der Waals surface area contributed by atoms with Gasteiger partial charge >= 0.3 is 0 Å². The Morgan fingerprint density at radius 3 is 1.66 bits per heavy atom. The Bertz CT molecular complexity index is 3370. The van der Waals surface area contributed by atoms with E-state index in [2.05, 4.69) is 241 Å². The monoisotopic (exact) mass is 793 g/mol. The van der Waals surface area contributed by atoms with Gasteiger partial charge in [0.05, 0.1) is 11.1 Å². The molecule has 0 saturated heterocycles. The number of benzene rings is 10. The van der Waals surface area contributed by atoms with Gasteiger partial charge in [-0.3, -0.25) is 0 Å². The van der Waals surface area contributed by atoms with E-state index in [4.69, 9.17) is 0 Å². The van der Waals surface area contributed by atoms with Crippen LogP contribution < -0.4 is 4.90 Å². The van der Waals surface area contributed by atoms with Crippen LogP contribution in [0.1, 0.15) is 22.3 Å². The fourth-order valence-electron chi connectivity index (χ4n) is 10.1. The van der Waals surface area contributed by atoms with Crippen LogP contribution in [0.3, 0.4) is 0 Å². The molecular formula is C59H39NS. The summed E-state index contributed by atoms with van der Waals surface area (Å²) in [4.78, 5) is 2.52. The normalized spacial score (nSPS) is 12.7. The molecule has 0 spiro atoms. The zero-order valence-corrected chi connectivity index (χ0v) is 34.2. The van der Waals surface area contributed by atoms with Crippen molar-refractivity contribution < 1.29 is 0 Å². The van der Waals surface area contributed by atoms with Gasteiger partial charge in [-0.15, -0.1) is 11.3 Å². The Morgan fingerprint density at radius 2 is 0.918 bits per heavy atom. The Kier molecular flexibility index (Phi) is 8.33. The van der Waals surface area contributed by atoms with Gasteiger partial charge in [0.1, 0.15) is 0 Å². The van der Waals surface area contributed by atoms with Gasteiger partial charge in [0.15, 0.2) is 0 Å². The van der Waals surface area contributed by atoms with Gasteiger partial charge in [-0.1, -0.05) is 194 Å². The molecule has 0 atom stereocenters. The topological polar surface area (TPSA) is 3.24 Å². The van der Waals surface area contributed by atoms with Crippen molar-refractivity contribution in [2.24, 2.45) is 0 Å². The standard InChI is InChI=1S/C59H39NS/c1-5-19-40(20-6-1)42-23-17-28-45(37-42)60(55-33-18-34-56-57(55)52-39-51(41-21-7-2-8-22-41)47-29-13-14-31-50(47)58(52)61-56)46-35-36-49-48-30-15-16-32-53(48)59(54(49)38-46,43-24-9-3-10-25-43)44-26-11-4-12-27-44/h1-39H. The van der Waals surface area contributed by atoms with Gasteiger partial charge in [-0.05, 0) is 103 Å². The van der Waals surface area contributed by atoms with Crippen LogP contribution in [-0.2, 0) is 5.41 Å². The molecule has 0 fully saturated rings. The molecule has 2 heteroatoms. The summed E-state index contributed by atoms with van der Waals surface area (Å²) >= 11 is 1.90. The molecule has 0 N–H and O–H groups in total. The minimum absolute atomic E-state index is 0.521. The number of hydrogen-bond donors (Lipinski definition) is 0. The van der Waals surface area contributed by atoms with E-state index in [1.807, 2.05) is 11.3 Å². The third-order valence-electron chi connectivity index (χ3n) is 12.7. The quantitative estimate of drug-likeness (QED) is 0.155. The first kappa shape index (κ1) is 35.4. The first-order valence-corrected chi connectivity index (χ1v) is 21.8. The lowest BCUT2D eigenvalue weighted by atomic mass is 9.67. The fourth-order valence-corrected chi connectivity index (χ4v) is 11.4. The molecular weight excluding hydrogens is 755 g/mol. The average Bonchev–Trinajstić information content (AvgIpc) is 3.87. The number of anilines is 3. The zero-order chi connectivity index (χ0) is 40.3. The minimum Gasteiger partial charge on any atom is -0.310 e. The molecule has 1 aromatic heterocycles.